The SMILES string of the molecule is COc1ccc(-c2noc(C)c2CN)cc1OC. The topological polar surface area (TPSA) is 70.5 Å². The zero-order valence-electron chi connectivity index (χ0n) is 10.7. The third-order valence-corrected chi connectivity index (χ3v) is 2.85. The minimum atomic E-state index is 0.388. The van der Waals surface area contributed by atoms with E-state index in [0.29, 0.717) is 18.0 Å². The van der Waals surface area contributed by atoms with Crippen LogP contribution in [0.1, 0.15) is 11.3 Å². The van der Waals surface area contributed by atoms with E-state index < -0.39 is 0 Å². The molecule has 0 saturated heterocycles. The van der Waals surface area contributed by atoms with Crippen molar-refractivity contribution in [3.05, 3.63) is 29.5 Å². The van der Waals surface area contributed by atoms with Crippen molar-refractivity contribution in [1.29, 1.82) is 0 Å². The fourth-order valence-corrected chi connectivity index (χ4v) is 1.84. The molecule has 0 saturated carbocycles. The van der Waals surface area contributed by atoms with Crippen LogP contribution in [0, 0.1) is 6.92 Å². The van der Waals surface area contributed by atoms with E-state index in [0.717, 1.165) is 22.6 Å². The fraction of sp³-hybridized carbons (Fsp3) is 0.308. The van der Waals surface area contributed by atoms with E-state index in [9.17, 15) is 0 Å². The smallest absolute Gasteiger partial charge is 0.161 e. The van der Waals surface area contributed by atoms with E-state index in [4.69, 9.17) is 19.7 Å². The Bertz CT molecular complexity index is 549. The van der Waals surface area contributed by atoms with Gasteiger partial charge in [-0.05, 0) is 25.1 Å². The first-order valence-electron chi connectivity index (χ1n) is 5.58. The Morgan fingerprint density at radius 1 is 1.22 bits per heavy atom. The lowest BCUT2D eigenvalue weighted by atomic mass is 10.1. The molecule has 2 aromatic rings. The first-order chi connectivity index (χ1) is 8.71. The van der Waals surface area contributed by atoms with Gasteiger partial charge in [0.2, 0.25) is 0 Å². The fourth-order valence-electron chi connectivity index (χ4n) is 1.84. The first-order valence-corrected chi connectivity index (χ1v) is 5.58. The van der Waals surface area contributed by atoms with Gasteiger partial charge in [0.25, 0.3) is 0 Å². The molecule has 0 aliphatic carbocycles. The highest BCUT2D eigenvalue weighted by molar-refractivity contribution is 5.67. The van der Waals surface area contributed by atoms with Gasteiger partial charge in [-0.2, -0.15) is 0 Å². The van der Waals surface area contributed by atoms with Gasteiger partial charge < -0.3 is 19.7 Å². The molecule has 96 valence electrons. The summed E-state index contributed by atoms with van der Waals surface area (Å²) in [7, 11) is 3.20. The number of benzene rings is 1. The van der Waals surface area contributed by atoms with Gasteiger partial charge in [0, 0.05) is 17.7 Å². The lowest BCUT2D eigenvalue weighted by Gasteiger charge is -2.08. The molecule has 0 amide bonds. The Hall–Kier alpha value is -2.01. The predicted octanol–water partition coefficient (Wildman–Crippen LogP) is 2.13. The molecule has 1 aromatic carbocycles. The molecule has 5 nitrogen and oxygen atoms in total. The van der Waals surface area contributed by atoms with Crippen molar-refractivity contribution in [3.8, 4) is 22.8 Å². The number of aryl methyl sites for hydroxylation is 1. The average molecular weight is 248 g/mol. The van der Waals surface area contributed by atoms with Crippen LogP contribution in [0.4, 0.5) is 0 Å². The van der Waals surface area contributed by atoms with Crippen LogP contribution in [0.3, 0.4) is 0 Å². The zero-order chi connectivity index (χ0) is 13.1. The molecular formula is C13H16N2O3. The number of rotatable bonds is 4. The van der Waals surface area contributed by atoms with Crippen LogP contribution in [-0.2, 0) is 6.54 Å². The Balaban J connectivity index is 2.50. The minimum Gasteiger partial charge on any atom is -0.493 e. The molecule has 0 bridgehead atoms. The quantitative estimate of drug-likeness (QED) is 0.897. The van der Waals surface area contributed by atoms with Crippen LogP contribution in [0.15, 0.2) is 22.7 Å². The molecule has 0 radical (unpaired) electrons. The second-order valence-electron chi connectivity index (χ2n) is 3.84. The Labute approximate surface area is 105 Å². The summed E-state index contributed by atoms with van der Waals surface area (Å²) in [6.45, 7) is 2.23. The van der Waals surface area contributed by atoms with Crippen molar-refractivity contribution >= 4 is 0 Å². The highest BCUT2D eigenvalue weighted by Gasteiger charge is 2.15. The maximum Gasteiger partial charge on any atom is 0.161 e. The summed E-state index contributed by atoms with van der Waals surface area (Å²) in [5.74, 6) is 2.07. The van der Waals surface area contributed by atoms with Gasteiger partial charge in [-0.3, -0.25) is 0 Å². The molecule has 18 heavy (non-hydrogen) atoms. The van der Waals surface area contributed by atoms with Crippen molar-refractivity contribution in [3.63, 3.8) is 0 Å². The monoisotopic (exact) mass is 248 g/mol. The lowest BCUT2D eigenvalue weighted by Crippen LogP contribution is -1.99. The van der Waals surface area contributed by atoms with Gasteiger partial charge in [0.05, 0.1) is 14.2 Å². The van der Waals surface area contributed by atoms with Crippen LogP contribution in [0.25, 0.3) is 11.3 Å². The maximum absolute atomic E-state index is 5.70. The van der Waals surface area contributed by atoms with Crippen molar-refractivity contribution in [1.82, 2.24) is 5.16 Å². The normalized spacial score (nSPS) is 10.4. The van der Waals surface area contributed by atoms with Crippen LogP contribution in [0.2, 0.25) is 0 Å². The molecule has 2 N–H and O–H groups in total. The highest BCUT2D eigenvalue weighted by Crippen LogP contribution is 2.33. The second-order valence-corrected chi connectivity index (χ2v) is 3.84. The van der Waals surface area contributed by atoms with Crippen molar-refractivity contribution in [2.45, 2.75) is 13.5 Å². The molecule has 5 heteroatoms. The first kappa shape index (κ1) is 12.4. The van der Waals surface area contributed by atoms with E-state index in [1.54, 1.807) is 14.2 Å². The summed E-state index contributed by atoms with van der Waals surface area (Å²) in [5, 5.41) is 4.04. The molecule has 0 spiro atoms. The number of aromatic nitrogens is 1. The van der Waals surface area contributed by atoms with Crippen LogP contribution >= 0.6 is 0 Å². The van der Waals surface area contributed by atoms with Crippen LogP contribution in [-0.4, -0.2) is 19.4 Å². The summed E-state index contributed by atoms with van der Waals surface area (Å²) in [4.78, 5) is 0. The molecule has 0 unspecified atom stereocenters. The summed E-state index contributed by atoms with van der Waals surface area (Å²) in [6.07, 6.45) is 0. The Morgan fingerprint density at radius 3 is 2.56 bits per heavy atom. The predicted molar refractivity (Wildman–Crippen MR) is 67.7 cm³/mol. The number of hydrogen-bond acceptors (Lipinski definition) is 5. The van der Waals surface area contributed by atoms with E-state index in [-0.39, 0.29) is 0 Å². The van der Waals surface area contributed by atoms with Gasteiger partial charge in [-0.25, -0.2) is 0 Å². The number of methoxy groups -OCH3 is 2. The van der Waals surface area contributed by atoms with Gasteiger partial charge in [0.15, 0.2) is 11.5 Å². The highest BCUT2D eigenvalue weighted by atomic mass is 16.5. The molecule has 2 rings (SSSR count). The Morgan fingerprint density at radius 2 is 1.94 bits per heavy atom. The molecule has 0 fully saturated rings. The minimum absolute atomic E-state index is 0.388. The average Bonchev–Trinajstić information content (AvgIpc) is 2.78. The zero-order valence-corrected chi connectivity index (χ0v) is 10.7. The molecular weight excluding hydrogens is 232 g/mol. The lowest BCUT2D eigenvalue weighted by molar-refractivity contribution is 0.355. The molecule has 1 aromatic heterocycles. The summed E-state index contributed by atoms with van der Waals surface area (Å²) < 4.78 is 15.6. The molecule has 1 heterocycles. The largest absolute Gasteiger partial charge is 0.493 e. The maximum atomic E-state index is 5.70. The number of hydrogen-bond donors (Lipinski definition) is 1. The van der Waals surface area contributed by atoms with E-state index >= 15 is 0 Å². The standard InChI is InChI=1S/C13H16N2O3/c1-8-10(7-14)13(15-18-8)9-4-5-11(16-2)12(6-9)17-3/h4-6H,7,14H2,1-3H3. The van der Waals surface area contributed by atoms with Crippen LogP contribution < -0.4 is 15.2 Å². The molecule has 0 aliphatic heterocycles. The van der Waals surface area contributed by atoms with E-state index in [1.807, 2.05) is 25.1 Å². The number of nitrogens with two attached hydrogens (primary N) is 1. The van der Waals surface area contributed by atoms with Gasteiger partial charge >= 0.3 is 0 Å². The van der Waals surface area contributed by atoms with Crippen LogP contribution in [0.5, 0.6) is 11.5 Å². The van der Waals surface area contributed by atoms with Crippen molar-refractivity contribution in [2.75, 3.05) is 14.2 Å². The molecule has 0 aliphatic rings. The Kier molecular flexibility index (Phi) is 3.53. The third kappa shape index (κ3) is 2.04. The summed E-state index contributed by atoms with van der Waals surface area (Å²) >= 11 is 0. The van der Waals surface area contributed by atoms with E-state index in [1.165, 1.54) is 0 Å². The second kappa shape index (κ2) is 5.10. The van der Waals surface area contributed by atoms with Gasteiger partial charge in [-0.1, -0.05) is 5.16 Å². The number of ether oxygens (including phenoxy) is 2. The van der Waals surface area contributed by atoms with Gasteiger partial charge in [0.1, 0.15) is 11.5 Å². The van der Waals surface area contributed by atoms with Gasteiger partial charge in [-0.15, -0.1) is 0 Å². The third-order valence-electron chi connectivity index (χ3n) is 2.85. The van der Waals surface area contributed by atoms with Crippen molar-refractivity contribution < 1.29 is 14.0 Å². The molecule has 0 atom stereocenters. The van der Waals surface area contributed by atoms with Crippen molar-refractivity contribution in [2.24, 2.45) is 5.73 Å². The summed E-state index contributed by atoms with van der Waals surface area (Å²) in [5.41, 5.74) is 8.25. The van der Waals surface area contributed by atoms with E-state index in [2.05, 4.69) is 5.16 Å². The summed E-state index contributed by atoms with van der Waals surface area (Å²) in [6, 6.07) is 5.59. The number of nitrogens with zero attached hydrogens (tertiary/aromatic N) is 1.